The van der Waals surface area contributed by atoms with Crippen molar-refractivity contribution in [3.63, 3.8) is 0 Å². The zero-order valence-corrected chi connectivity index (χ0v) is 18.6. The molecule has 32 heavy (non-hydrogen) atoms. The van der Waals surface area contributed by atoms with Crippen LogP contribution in [0.4, 0.5) is 0 Å². The number of aromatic nitrogens is 2. The molecule has 0 aliphatic carbocycles. The molecule has 0 aliphatic rings. The number of benzene rings is 3. The smallest absolute Gasteiger partial charge is 0.224 e. The maximum absolute atomic E-state index is 12.6. The number of para-hydroxylation sites is 3. The summed E-state index contributed by atoms with van der Waals surface area (Å²) in [6.45, 7) is 5.42. The topological polar surface area (TPSA) is 56.1 Å². The minimum atomic E-state index is -0.198. The van der Waals surface area contributed by atoms with Crippen molar-refractivity contribution in [2.45, 2.75) is 39.3 Å². The lowest BCUT2D eigenvalue weighted by atomic mass is 10.1. The standard InChI is InChI=1S/C27H29N3O2/c1-20-11-6-9-16-25(20)32-18-10-17-30-24-15-8-7-14-23(24)29-27(30)21(2)28-26(31)19-22-12-4-3-5-13-22/h3-9,11-16,21H,10,17-19H2,1-2H3,(H,28,31). The molecule has 1 aromatic heterocycles. The number of amides is 1. The molecular weight excluding hydrogens is 398 g/mol. The summed E-state index contributed by atoms with van der Waals surface area (Å²) >= 11 is 0. The number of aryl methyl sites for hydroxylation is 2. The van der Waals surface area contributed by atoms with E-state index in [2.05, 4.69) is 28.9 Å². The molecule has 0 spiro atoms. The summed E-state index contributed by atoms with van der Waals surface area (Å²) in [6.07, 6.45) is 1.20. The van der Waals surface area contributed by atoms with E-state index in [1.165, 1.54) is 0 Å². The number of carbonyl (C=O) groups is 1. The van der Waals surface area contributed by atoms with Crippen LogP contribution >= 0.6 is 0 Å². The second-order valence-electron chi connectivity index (χ2n) is 8.03. The average Bonchev–Trinajstić information content (AvgIpc) is 3.17. The summed E-state index contributed by atoms with van der Waals surface area (Å²) in [5, 5.41) is 3.12. The summed E-state index contributed by atoms with van der Waals surface area (Å²) in [5.41, 5.74) is 4.14. The Hall–Kier alpha value is -3.60. The molecule has 1 amide bonds. The normalized spacial score (nSPS) is 11.9. The van der Waals surface area contributed by atoms with Crippen molar-refractivity contribution in [1.82, 2.24) is 14.9 Å². The third kappa shape index (κ3) is 5.17. The lowest BCUT2D eigenvalue weighted by Crippen LogP contribution is -2.30. The summed E-state index contributed by atoms with van der Waals surface area (Å²) in [6, 6.07) is 25.7. The van der Waals surface area contributed by atoms with Gasteiger partial charge in [0.25, 0.3) is 0 Å². The van der Waals surface area contributed by atoms with Crippen LogP contribution in [0, 0.1) is 6.92 Å². The van der Waals surface area contributed by atoms with Gasteiger partial charge in [0.2, 0.25) is 5.91 Å². The van der Waals surface area contributed by atoms with Crippen molar-refractivity contribution in [1.29, 1.82) is 0 Å². The number of hydrogen-bond acceptors (Lipinski definition) is 3. The fraction of sp³-hybridized carbons (Fsp3) is 0.259. The van der Waals surface area contributed by atoms with E-state index in [9.17, 15) is 4.79 Å². The zero-order valence-electron chi connectivity index (χ0n) is 18.6. The van der Waals surface area contributed by atoms with Crippen LogP contribution in [0.15, 0.2) is 78.9 Å². The second kappa shape index (κ2) is 10.1. The van der Waals surface area contributed by atoms with Crippen LogP contribution in [0.3, 0.4) is 0 Å². The van der Waals surface area contributed by atoms with Gasteiger partial charge in [-0.3, -0.25) is 4.79 Å². The Kier molecular flexibility index (Phi) is 6.85. The van der Waals surface area contributed by atoms with Gasteiger partial charge in [-0.15, -0.1) is 0 Å². The summed E-state index contributed by atoms with van der Waals surface area (Å²) in [4.78, 5) is 17.4. The van der Waals surface area contributed by atoms with Gasteiger partial charge < -0.3 is 14.6 Å². The lowest BCUT2D eigenvalue weighted by molar-refractivity contribution is -0.121. The van der Waals surface area contributed by atoms with Gasteiger partial charge in [0, 0.05) is 6.54 Å². The molecule has 1 heterocycles. The minimum Gasteiger partial charge on any atom is -0.493 e. The first-order valence-electron chi connectivity index (χ1n) is 11.1. The average molecular weight is 428 g/mol. The summed E-state index contributed by atoms with van der Waals surface area (Å²) < 4.78 is 8.17. The Labute approximate surface area is 189 Å². The number of fused-ring (bicyclic) bond motifs is 1. The van der Waals surface area contributed by atoms with Gasteiger partial charge in [0.1, 0.15) is 11.6 Å². The fourth-order valence-corrected chi connectivity index (χ4v) is 3.92. The van der Waals surface area contributed by atoms with Crippen LogP contribution in [0.25, 0.3) is 11.0 Å². The van der Waals surface area contributed by atoms with Crippen molar-refractivity contribution in [2.75, 3.05) is 6.61 Å². The molecule has 5 heteroatoms. The number of imidazole rings is 1. The van der Waals surface area contributed by atoms with Crippen molar-refractivity contribution in [3.05, 3.63) is 95.8 Å². The van der Waals surface area contributed by atoms with Gasteiger partial charge in [-0.2, -0.15) is 0 Å². The van der Waals surface area contributed by atoms with E-state index in [1.54, 1.807) is 0 Å². The number of nitrogens with one attached hydrogen (secondary N) is 1. The first-order chi connectivity index (χ1) is 15.6. The molecule has 1 N–H and O–H groups in total. The molecule has 0 fully saturated rings. The van der Waals surface area contributed by atoms with Crippen LogP contribution in [0.1, 0.15) is 36.3 Å². The van der Waals surface area contributed by atoms with Gasteiger partial charge in [-0.25, -0.2) is 4.98 Å². The molecule has 164 valence electrons. The van der Waals surface area contributed by atoms with E-state index >= 15 is 0 Å². The second-order valence-corrected chi connectivity index (χ2v) is 8.03. The number of ether oxygens (including phenoxy) is 1. The summed E-state index contributed by atoms with van der Waals surface area (Å²) in [7, 11) is 0. The highest BCUT2D eigenvalue weighted by atomic mass is 16.5. The van der Waals surface area contributed by atoms with Gasteiger partial charge in [-0.05, 0) is 49.6 Å². The Morgan fingerprint density at radius 2 is 1.72 bits per heavy atom. The number of rotatable bonds is 9. The molecule has 0 radical (unpaired) electrons. The van der Waals surface area contributed by atoms with Crippen LogP contribution in [-0.2, 0) is 17.8 Å². The van der Waals surface area contributed by atoms with Gasteiger partial charge in [0.15, 0.2) is 0 Å². The highest BCUT2D eigenvalue weighted by molar-refractivity contribution is 5.79. The lowest BCUT2D eigenvalue weighted by Gasteiger charge is -2.17. The minimum absolute atomic E-state index is 0.00908. The maximum Gasteiger partial charge on any atom is 0.224 e. The predicted molar refractivity (Wildman–Crippen MR) is 128 cm³/mol. The van der Waals surface area contributed by atoms with Gasteiger partial charge >= 0.3 is 0 Å². The Morgan fingerprint density at radius 3 is 2.53 bits per heavy atom. The SMILES string of the molecule is Cc1ccccc1OCCCn1c(C(C)NC(=O)Cc2ccccc2)nc2ccccc21. The largest absolute Gasteiger partial charge is 0.493 e. The van der Waals surface area contributed by atoms with Gasteiger partial charge in [0.05, 0.1) is 30.1 Å². The highest BCUT2D eigenvalue weighted by Gasteiger charge is 2.18. The first-order valence-corrected chi connectivity index (χ1v) is 11.1. The number of hydrogen-bond donors (Lipinski definition) is 1. The van der Waals surface area contributed by atoms with Crippen LogP contribution in [0.2, 0.25) is 0 Å². The fourth-order valence-electron chi connectivity index (χ4n) is 3.92. The molecule has 0 saturated carbocycles. The van der Waals surface area contributed by atoms with E-state index < -0.39 is 0 Å². The van der Waals surface area contributed by atoms with E-state index in [0.29, 0.717) is 13.0 Å². The Balaban J connectivity index is 1.44. The molecule has 0 aliphatic heterocycles. The molecule has 3 aromatic carbocycles. The van der Waals surface area contributed by atoms with Crippen molar-refractivity contribution in [2.24, 2.45) is 0 Å². The third-order valence-electron chi connectivity index (χ3n) is 5.53. The molecule has 4 aromatic rings. The molecule has 5 nitrogen and oxygen atoms in total. The molecule has 1 atom stereocenters. The van der Waals surface area contributed by atoms with E-state index in [1.807, 2.05) is 73.7 Å². The molecule has 1 unspecified atom stereocenters. The molecule has 4 rings (SSSR count). The van der Waals surface area contributed by atoms with Crippen molar-refractivity contribution in [3.8, 4) is 5.75 Å². The van der Waals surface area contributed by atoms with Crippen molar-refractivity contribution >= 4 is 16.9 Å². The first kappa shape index (κ1) is 21.6. The van der Waals surface area contributed by atoms with Crippen LogP contribution < -0.4 is 10.1 Å². The van der Waals surface area contributed by atoms with Crippen molar-refractivity contribution < 1.29 is 9.53 Å². The van der Waals surface area contributed by atoms with E-state index in [0.717, 1.165) is 46.7 Å². The number of carbonyl (C=O) groups excluding carboxylic acids is 1. The van der Waals surface area contributed by atoms with Crippen LogP contribution in [-0.4, -0.2) is 22.1 Å². The number of nitrogens with zero attached hydrogens (tertiary/aromatic N) is 2. The van der Waals surface area contributed by atoms with Gasteiger partial charge in [-0.1, -0.05) is 60.7 Å². The van der Waals surface area contributed by atoms with E-state index in [-0.39, 0.29) is 11.9 Å². The Morgan fingerprint density at radius 1 is 1.00 bits per heavy atom. The Bertz CT molecular complexity index is 1180. The molecule has 0 saturated heterocycles. The molecule has 0 bridgehead atoms. The quantitative estimate of drug-likeness (QED) is 0.372. The van der Waals surface area contributed by atoms with E-state index in [4.69, 9.17) is 9.72 Å². The summed E-state index contributed by atoms with van der Waals surface area (Å²) in [5.74, 6) is 1.78. The zero-order chi connectivity index (χ0) is 22.3. The molecular formula is C27H29N3O2. The predicted octanol–water partition coefficient (Wildman–Crippen LogP) is 5.23. The van der Waals surface area contributed by atoms with Crippen LogP contribution in [0.5, 0.6) is 5.75 Å². The third-order valence-corrected chi connectivity index (χ3v) is 5.53. The maximum atomic E-state index is 12.6. The highest BCUT2D eigenvalue weighted by Crippen LogP contribution is 2.22. The monoisotopic (exact) mass is 427 g/mol.